The second-order valence-corrected chi connectivity index (χ2v) is 5.60. The third-order valence-corrected chi connectivity index (χ3v) is 3.74. The average Bonchev–Trinajstić information content (AvgIpc) is 2.63. The van der Waals surface area contributed by atoms with Crippen molar-refractivity contribution in [2.45, 2.75) is 20.1 Å². The lowest BCUT2D eigenvalue weighted by atomic mass is 10.1. The molecule has 1 aromatic heterocycles. The summed E-state index contributed by atoms with van der Waals surface area (Å²) in [5, 5.41) is 9.46. The summed E-state index contributed by atoms with van der Waals surface area (Å²) < 4.78 is 19.5. The number of ether oxygens (including phenoxy) is 1. The molecule has 0 aliphatic rings. The van der Waals surface area contributed by atoms with E-state index in [2.05, 4.69) is 4.98 Å². The number of aliphatic hydroxyl groups is 1. The fourth-order valence-corrected chi connectivity index (χ4v) is 2.36. The number of aliphatic hydroxyl groups excluding tert-OH is 1. The molecular formula is C20H18FNO2. The first-order valence-corrected chi connectivity index (χ1v) is 7.71. The van der Waals surface area contributed by atoms with Gasteiger partial charge in [-0.25, -0.2) is 9.37 Å². The fourth-order valence-electron chi connectivity index (χ4n) is 2.36. The normalized spacial score (nSPS) is 10.6. The van der Waals surface area contributed by atoms with Gasteiger partial charge in [-0.2, -0.15) is 0 Å². The van der Waals surface area contributed by atoms with E-state index in [-0.39, 0.29) is 12.4 Å². The number of halogens is 1. The second kappa shape index (κ2) is 7.23. The molecule has 0 spiro atoms. The van der Waals surface area contributed by atoms with Gasteiger partial charge < -0.3 is 9.84 Å². The third-order valence-electron chi connectivity index (χ3n) is 3.74. The smallest absolute Gasteiger partial charge is 0.214 e. The molecule has 0 saturated carbocycles. The van der Waals surface area contributed by atoms with Gasteiger partial charge in [-0.1, -0.05) is 42.5 Å². The van der Waals surface area contributed by atoms with Crippen molar-refractivity contribution < 1.29 is 14.2 Å². The zero-order valence-corrected chi connectivity index (χ0v) is 13.4. The van der Waals surface area contributed by atoms with Crippen LogP contribution in [0.25, 0.3) is 11.3 Å². The maximum Gasteiger partial charge on any atom is 0.214 e. The minimum atomic E-state index is -0.282. The lowest BCUT2D eigenvalue weighted by Crippen LogP contribution is -2.00. The van der Waals surface area contributed by atoms with Gasteiger partial charge in [0.15, 0.2) is 0 Å². The van der Waals surface area contributed by atoms with Crippen molar-refractivity contribution in [1.29, 1.82) is 0 Å². The first kappa shape index (κ1) is 16.1. The highest BCUT2D eigenvalue weighted by molar-refractivity contribution is 5.61. The van der Waals surface area contributed by atoms with Crippen LogP contribution in [0.2, 0.25) is 0 Å². The van der Waals surface area contributed by atoms with E-state index in [4.69, 9.17) is 4.74 Å². The number of aromatic nitrogens is 1. The predicted octanol–water partition coefficient (Wildman–Crippen LogP) is 4.27. The lowest BCUT2D eigenvalue weighted by molar-refractivity contribution is 0.275. The van der Waals surface area contributed by atoms with Crippen molar-refractivity contribution >= 4 is 0 Å². The number of benzene rings is 2. The second-order valence-electron chi connectivity index (χ2n) is 5.60. The van der Waals surface area contributed by atoms with Crippen LogP contribution in [0, 0.1) is 12.7 Å². The van der Waals surface area contributed by atoms with Gasteiger partial charge in [0, 0.05) is 11.6 Å². The Bertz CT molecular complexity index is 834. The van der Waals surface area contributed by atoms with E-state index >= 15 is 0 Å². The largest absolute Gasteiger partial charge is 0.473 e. The molecule has 0 atom stereocenters. The van der Waals surface area contributed by atoms with Gasteiger partial charge in [0.05, 0.1) is 12.3 Å². The molecule has 3 aromatic rings. The average molecular weight is 323 g/mol. The number of pyridine rings is 1. The Hall–Kier alpha value is -2.72. The van der Waals surface area contributed by atoms with E-state index in [1.807, 2.05) is 36.4 Å². The Balaban J connectivity index is 1.88. The first-order chi connectivity index (χ1) is 11.7. The molecular weight excluding hydrogens is 305 g/mol. The highest BCUT2D eigenvalue weighted by Gasteiger charge is 2.08. The van der Waals surface area contributed by atoms with E-state index in [9.17, 15) is 9.50 Å². The molecule has 3 rings (SSSR count). The van der Waals surface area contributed by atoms with Crippen LogP contribution in [0.1, 0.15) is 16.7 Å². The van der Waals surface area contributed by atoms with Crippen molar-refractivity contribution in [3.63, 3.8) is 0 Å². The van der Waals surface area contributed by atoms with Crippen molar-refractivity contribution in [2.75, 3.05) is 0 Å². The molecule has 0 aliphatic carbocycles. The maximum atomic E-state index is 13.8. The Morgan fingerprint density at radius 2 is 1.79 bits per heavy atom. The zero-order valence-electron chi connectivity index (χ0n) is 13.4. The highest BCUT2D eigenvalue weighted by Crippen LogP contribution is 2.24. The summed E-state index contributed by atoms with van der Waals surface area (Å²) in [4.78, 5) is 4.44. The Morgan fingerprint density at radius 3 is 2.50 bits per heavy atom. The lowest BCUT2D eigenvalue weighted by Gasteiger charge is -2.10. The molecule has 0 unspecified atom stereocenters. The summed E-state index contributed by atoms with van der Waals surface area (Å²) in [5.74, 6) is 0.122. The van der Waals surface area contributed by atoms with Crippen molar-refractivity contribution in [2.24, 2.45) is 0 Å². The molecule has 0 bridgehead atoms. The quantitative estimate of drug-likeness (QED) is 0.762. The number of aryl methyl sites for hydroxylation is 1. The van der Waals surface area contributed by atoms with Gasteiger partial charge in [-0.15, -0.1) is 0 Å². The molecule has 4 heteroatoms. The van der Waals surface area contributed by atoms with Crippen molar-refractivity contribution in [1.82, 2.24) is 4.98 Å². The molecule has 0 aliphatic heterocycles. The van der Waals surface area contributed by atoms with Crippen LogP contribution in [0.15, 0.2) is 60.7 Å². The summed E-state index contributed by atoms with van der Waals surface area (Å²) >= 11 is 0. The minimum absolute atomic E-state index is 0.133. The Kier molecular flexibility index (Phi) is 4.87. The maximum absolute atomic E-state index is 13.8. The van der Waals surface area contributed by atoms with E-state index in [1.165, 1.54) is 6.07 Å². The monoisotopic (exact) mass is 323 g/mol. The number of rotatable bonds is 5. The van der Waals surface area contributed by atoms with E-state index in [0.29, 0.717) is 34.9 Å². The fraction of sp³-hybridized carbons (Fsp3) is 0.150. The van der Waals surface area contributed by atoms with E-state index in [0.717, 1.165) is 5.56 Å². The van der Waals surface area contributed by atoms with Gasteiger partial charge in [0.1, 0.15) is 12.4 Å². The topological polar surface area (TPSA) is 42.4 Å². The molecule has 3 nitrogen and oxygen atoms in total. The SMILES string of the molecule is Cc1ccc(-c2cc(CO)cc(OCc3ccccc3)n2)cc1F. The van der Waals surface area contributed by atoms with Crippen molar-refractivity contribution in [3.05, 3.63) is 83.2 Å². The number of hydrogen-bond donors (Lipinski definition) is 1. The molecule has 0 saturated heterocycles. The Morgan fingerprint density at radius 1 is 1.00 bits per heavy atom. The standard InChI is InChI=1S/C20H18FNO2/c1-14-7-8-17(11-18(14)21)19-9-16(12-23)10-20(22-19)24-13-15-5-3-2-4-6-15/h2-11,23H,12-13H2,1H3. The van der Waals surface area contributed by atoms with Crippen LogP contribution >= 0.6 is 0 Å². The number of hydrogen-bond acceptors (Lipinski definition) is 3. The molecule has 0 amide bonds. The Labute approximate surface area is 140 Å². The third kappa shape index (κ3) is 3.78. The van der Waals surface area contributed by atoms with Gasteiger partial charge >= 0.3 is 0 Å². The molecule has 0 fully saturated rings. The molecule has 1 N–H and O–H groups in total. The van der Waals surface area contributed by atoms with Crippen LogP contribution in [0.5, 0.6) is 5.88 Å². The van der Waals surface area contributed by atoms with Crippen LogP contribution < -0.4 is 4.74 Å². The molecule has 122 valence electrons. The van der Waals surface area contributed by atoms with Crippen LogP contribution in [0.4, 0.5) is 4.39 Å². The summed E-state index contributed by atoms with van der Waals surface area (Å²) in [6.07, 6.45) is 0. The summed E-state index contributed by atoms with van der Waals surface area (Å²) in [6, 6.07) is 18.1. The van der Waals surface area contributed by atoms with E-state index < -0.39 is 0 Å². The van der Waals surface area contributed by atoms with Gasteiger partial charge in [0.2, 0.25) is 5.88 Å². The predicted molar refractivity (Wildman–Crippen MR) is 91.1 cm³/mol. The number of nitrogens with zero attached hydrogens (tertiary/aromatic N) is 1. The van der Waals surface area contributed by atoms with Crippen LogP contribution in [0.3, 0.4) is 0 Å². The van der Waals surface area contributed by atoms with Crippen molar-refractivity contribution in [3.8, 4) is 17.1 Å². The van der Waals surface area contributed by atoms with Gasteiger partial charge in [0.25, 0.3) is 0 Å². The van der Waals surface area contributed by atoms with Crippen LogP contribution in [-0.4, -0.2) is 10.1 Å². The highest BCUT2D eigenvalue weighted by atomic mass is 19.1. The zero-order chi connectivity index (χ0) is 16.9. The summed E-state index contributed by atoms with van der Waals surface area (Å²) in [7, 11) is 0. The molecule has 1 heterocycles. The van der Waals surface area contributed by atoms with Gasteiger partial charge in [-0.05, 0) is 35.7 Å². The summed E-state index contributed by atoms with van der Waals surface area (Å²) in [6.45, 7) is 1.96. The summed E-state index contributed by atoms with van der Waals surface area (Å²) in [5.41, 5.74) is 3.50. The van der Waals surface area contributed by atoms with E-state index in [1.54, 1.807) is 25.1 Å². The van der Waals surface area contributed by atoms with Gasteiger partial charge in [-0.3, -0.25) is 0 Å². The minimum Gasteiger partial charge on any atom is -0.473 e. The molecule has 2 aromatic carbocycles. The molecule has 24 heavy (non-hydrogen) atoms. The molecule has 0 radical (unpaired) electrons. The van der Waals surface area contributed by atoms with Crippen LogP contribution in [-0.2, 0) is 13.2 Å². The first-order valence-electron chi connectivity index (χ1n) is 7.71.